The van der Waals surface area contributed by atoms with E-state index in [0.29, 0.717) is 24.3 Å². The summed E-state index contributed by atoms with van der Waals surface area (Å²) in [5.41, 5.74) is 3.60. The Hall–Kier alpha value is -2.42. The average Bonchev–Trinajstić information content (AvgIpc) is 2.59. The number of nitrogens with zero attached hydrogens (tertiary/aromatic N) is 2. The number of benzene rings is 2. The topological polar surface area (TPSA) is 35.0 Å². The Bertz CT molecular complexity index is 791. The average molecular weight is 320 g/mol. The molecule has 1 heterocycles. The number of fused-ring (bicyclic) bond motifs is 1. The van der Waals surface area contributed by atoms with Crippen LogP contribution in [0.2, 0.25) is 0 Å². The van der Waals surface area contributed by atoms with Crippen molar-refractivity contribution in [1.82, 2.24) is 9.97 Å². The van der Waals surface area contributed by atoms with E-state index in [1.54, 1.807) is 6.33 Å². The van der Waals surface area contributed by atoms with E-state index in [1.807, 2.05) is 24.3 Å². The molecule has 2 aromatic carbocycles. The van der Waals surface area contributed by atoms with Gasteiger partial charge in [-0.15, -0.1) is 0 Å². The molecule has 0 amide bonds. The Balaban J connectivity index is 1.67. The monoisotopic (exact) mass is 320 g/mol. The minimum Gasteiger partial charge on any atom is -0.477 e. The van der Waals surface area contributed by atoms with Crippen molar-refractivity contribution in [3.8, 4) is 5.88 Å². The molecule has 0 saturated heterocycles. The highest BCUT2D eigenvalue weighted by Gasteiger charge is 2.10. The zero-order chi connectivity index (χ0) is 16.9. The highest BCUT2D eigenvalue weighted by atomic mass is 16.5. The standard InChI is InChI=1S/C21H24N2O/c1-15(2)12-17-8-10-18(11-9-17)16(3)13-24-21-19-6-4-5-7-20(19)22-14-23-21/h4-11,14-16H,12-13H2,1-3H3. The number of hydrogen-bond acceptors (Lipinski definition) is 3. The van der Waals surface area contributed by atoms with Gasteiger partial charge < -0.3 is 4.74 Å². The van der Waals surface area contributed by atoms with Crippen LogP contribution in [0.4, 0.5) is 0 Å². The minimum atomic E-state index is 0.312. The van der Waals surface area contributed by atoms with Crippen molar-refractivity contribution in [1.29, 1.82) is 0 Å². The second kappa shape index (κ2) is 7.43. The molecule has 0 aliphatic rings. The maximum Gasteiger partial charge on any atom is 0.224 e. The van der Waals surface area contributed by atoms with Crippen LogP contribution in [-0.4, -0.2) is 16.6 Å². The zero-order valence-electron chi connectivity index (χ0n) is 14.6. The van der Waals surface area contributed by atoms with Gasteiger partial charge in [-0.2, -0.15) is 0 Å². The van der Waals surface area contributed by atoms with Crippen LogP contribution in [0.25, 0.3) is 10.9 Å². The van der Waals surface area contributed by atoms with Crippen molar-refractivity contribution in [3.63, 3.8) is 0 Å². The lowest BCUT2D eigenvalue weighted by molar-refractivity contribution is 0.288. The molecule has 0 aliphatic heterocycles. The number of para-hydroxylation sites is 1. The van der Waals surface area contributed by atoms with E-state index in [2.05, 4.69) is 55.0 Å². The first-order valence-corrected chi connectivity index (χ1v) is 8.55. The Morgan fingerprint density at radius 1 is 0.917 bits per heavy atom. The maximum atomic E-state index is 5.98. The summed E-state index contributed by atoms with van der Waals surface area (Å²) in [5.74, 6) is 1.65. The summed E-state index contributed by atoms with van der Waals surface area (Å²) in [5, 5.41) is 0.958. The van der Waals surface area contributed by atoms with Gasteiger partial charge in [0, 0.05) is 5.92 Å². The molecule has 3 aromatic rings. The van der Waals surface area contributed by atoms with Crippen molar-refractivity contribution in [2.24, 2.45) is 5.92 Å². The SMILES string of the molecule is CC(C)Cc1ccc(C(C)COc2ncnc3ccccc23)cc1. The highest BCUT2D eigenvalue weighted by Crippen LogP contribution is 2.23. The molecule has 0 bridgehead atoms. The summed E-state index contributed by atoms with van der Waals surface area (Å²) in [6.07, 6.45) is 2.68. The summed E-state index contributed by atoms with van der Waals surface area (Å²) in [7, 11) is 0. The van der Waals surface area contributed by atoms with E-state index < -0.39 is 0 Å². The van der Waals surface area contributed by atoms with E-state index in [4.69, 9.17) is 4.74 Å². The maximum absolute atomic E-state index is 5.98. The second-order valence-electron chi connectivity index (χ2n) is 6.75. The van der Waals surface area contributed by atoms with Crippen LogP contribution in [0.5, 0.6) is 5.88 Å². The zero-order valence-corrected chi connectivity index (χ0v) is 14.6. The summed E-state index contributed by atoms with van der Waals surface area (Å²) in [6, 6.07) is 16.8. The van der Waals surface area contributed by atoms with Gasteiger partial charge in [-0.05, 0) is 35.6 Å². The third-order valence-corrected chi connectivity index (χ3v) is 4.17. The molecule has 1 atom stereocenters. The van der Waals surface area contributed by atoms with Gasteiger partial charge in [0.15, 0.2) is 0 Å². The third kappa shape index (κ3) is 3.91. The summed E-state index contributed by atoms with van der Waals surface area (Å²) in [4.78, 5) is 8.56. The second-order valence-corrected chi connectivity index (χ2v) is 6.75. The van der Waals surface area contributed by atoms with Crippen LogP contribution in [0, 0.1) is 5.92 Å². The molecule has 0 radical (unpaired) electrons. The van der Waals surface area contributed by atoms with Gasteiger partial charge in [0.2, 0.25) is 5.88 Å². The molecule has 0 aliphatic carbocycles. The lowest BCUT2D eigenvalue weighted by Gasteiger charge is -2.15. The molecule has 1 unspecified atom stereocenters. The minimum absolute atomic E-state index is 0.312. The van der Waals surface area contributed by atoms with Crippen LogP contribution in [-0.2, 0) is 6.42 Å². The fourth-order valence-corrected chi connectivity index (χ4v) is 2.85. The van der Waals surface area contributed by atoms with Crippen molar-refractivity contribution in [2.75, 3.05) is 6.61 Å². The predicted octanol–water partition coefficient (Wildman–Crippen LogP) is 5.01. The fourth-order valence-electron chi connectivity index (χ4n) is 2.85. The summed E-state index contributed by atoms with van der Waals surface area (Å²) < 4.78 is 5.98. The lowest BCUT2D eigenvalue weighted by atomic mass is 9.97. The van der Waals surface area contributed by atoms with Gasteiger partial charge >= 0.3 is 0 Å². The van der Waals surface area contributed by atoms with Crippen LogP contribution in [0.15, 0.2) is 54.9 Å². The number of rotatable bonds is 6. The van der Waals surface area contributed by atoms with Gasteiger partial charge in [-0.1, -0.05) is 57.2 Å². The van der Waals surface area contributed by atoms with Gasteiger partial charge in [0.05, 0.1) is 17.5 Å². The first kappa shape index (κ1) is 16.4. The Kier molecular flexibility index (Phi) is 5.09. The van der Waals surface area contributed by atoms with Gasteiger partial charge in [0.25, 0.3) is 0 Å². The Labute approximate surface area is 143 Å². The smallest absolute Gasteiger partial charge is 0.224 e. The third-order valence-electron chi connectivity index (χ3n) is 4.17. The number of aromatic nitrogens is 2. The molecule has 0 saturated carbocycles. The van der Waals surface area contributed by atoms with Crippen molar-refractivity contribution in [2.45, 2.75) is 33.1 Å². The van der Waals surface area contributed by atoms with E-state index in [0.717, 1.165) is 17.3 Å². The number of ether oxygens (including phenoxy) is 1. The van der Waals surface area contributed by atoms with E-state index in [-0.39, 0.29) is 0 Å². The van der Waals surface area contributed by atoms with E-state index >= 15 is 0 Å². The molecule has 24 heavy (non-hydrogen) atoms. The molecule has 124 valence electrons. The lowest BCUT2D eigenvalue weighted by Crippen LogP contribution is -2.08. The van der Waals surface area contributed by atoms with Gasteiger partial charge in [-0.25, -0.2) is 9.97 Å². The number of hydrogen-bond donors (Lipinski definition) is 0. The van der Waals surface area contributed by atoms with Crippen LogP contribution >= 0.6 is 0 Å². The van der Waals surface area contributed by atoms with E-state index in [9.17, 15) is 0 Å². The highest BCUT2D eigenvalue weighted by molar-refractivity contribution is 5.82. The predicted molar refractivity (Wildman–Crippen MR) is 98.4 cm³/mol. The molecule has 3 rings (SSSR count). The first-order chi connectivity index (χ1) is 11.6. The van der Waals surface area contributed by atoms with Gasteiger partial charge in [-0.3, -0.25) is 0 Å². The fraction of sp³-hybridized carbons (Fsp3) is 0.333. The summed E-state index contributed by atoms with van der Waals surface area (Å²) >= 11 is 0. The molecular weight excluding hydrogens is 296 g/mol. The molecule has 3 nitrogen and oxygen atoms in total. The van der Waals surface area contributed by atoms with E-state index in [1.165, 1.54) is 11.1 Å². The van der Waals surface area contributed by atoms with Crippen LogP contribution in [0.3, 0.4) is 0 Å². The Morgan fingerprint density at radius 2 is 1.67 bits per heavy atom. The largest absolute Gasteiger partial charge is 0.477 e. The molecule has 0 spiro atoms. The van der Waals surface area contributed by atoms with Crippen LogP contribution in [0.1, 0.15) is 37.8 Å². The van der Waals surface area contributed by atoms with Crippen molar-refractivity contribution >= 4 is 10.9 Å². The molecule has 0 fully saturated rings. The normalized spacial score (nSPS) is 12.5. The molecule has 1 aromatic heterocycles. The quantitative estimate of drug-likeness (QED) is 0.640. The molecule has 3 heteroatoms. The first-order valence-electron chi connectivity index (χ1n) is 8.55. The molecule has 0 N–H and O–H groups in total. The van der Waals surface area contributed by atoms with Crippen LogP contribution < -0.4 is 4.74 Å². The van der Waals surface area contributed by atoms with Crippen molar-refractivity contribution in [3.05, 3.63) is 66.0 Å². The molecular formula is C21H24N2O. The Morgan fingerprint density at radius 3 is 2.42 bits per heavy atom. The summed E-state index contributed by atoms with van der Waals surface area (Å²) in [6.45, 7) is 7.28. The van der Waals surface area contributed by atoms with Gasteiger partial charge in [0.1, 0.15) is 6.33 Å². The van der Waals surface area contributed by atoms with Crippen molar-refractivity contribution < 1.29 is 4.74 Å².